The number of benzene rings is 1. The number of likely N-dealkylation sites (tertiary alicyclic amines) is 1. The van der Waals surface area contributed by atoms with Crippen molar-refractivity contribution < 1.29 is 14.2 Å². The molecule has 0 aromatic heterocycles. The number of rotatable bonds is 6. The minimum Gasteiger partial charge on any atom is -0.494 e. The number of aliphatic imine (C=N–C) groups is 1. The lowest BCUT2D eigenvalue weighted by molar-refractivity contribution is 0.0530. The van der Waals surface area contributed by atoms with E-state index in [-0.39, 0.29) is 5.41 Å². The van der Waals surface area contributed by atoms with Crippen LogP contribution in [0.25, 0.3) is 0 Å². The van der Waals surface area contributed by atoms with Crippen molar-refractivity contribution in [3.8, 4) is 5.75 Å². The van der Waals surface area contributed by atoms with E-state index in [1.165, 1.54) is 18.4 Å². The molecule has 3 aliphatic rings. The minimum absolute atomic E-state index is 0.0253. The first-order valence-electron chi connectivity index (χ1n) is 11.6. The Morgan fingerprint density at radius 1 is 1.07 bits per heavy atom. The second-order valence-electron chi connectivity index (χ2n) is 8.99. The third-order valence-electron chi connectivity index (χ3n) is 7.02. The van der Waals surface area contributed by atoms with Gasteiger partial charge >= 0.3 is 0 Å². The maximum absolute atomic E-state index is 5.72. The van der Waals surface area contributed by atoms with Crippen LogP contribution in [0, 0.1) is 5.41 Å². The van der Waals surface area contributed by atoms with Crippen molar-refractivity contribution in [2.24, 2.45) is 10.4 Å². The highest BCUT2D eigenvalue weighted by Crippen LogP contribution is 2.39. The standard InChI is InChI=1S/C24H37N3O3/c1-3-25-22(27-13-9-23(18-27)10-14-29-19-23)26-17-24(11-15-28-16-12-24)20-5-7-21(8-6-20)30-4-2/h5-8H,3-4,9-19H2,1-2H3,(H,25,26). The highest BCUT2D eigenvalue weighted by Gasteiger charge is 2.42. The Morgan fingerprint density at radius 2 is 1.83 bits per heavy atom. The predicted molar refractivity (Wildman–Crippen MR) is 119 cm³/mol. The number of nitrogens with zero attached hydrogens (tertiary/aromatic N) is 2. The normalized spacial score (nSPS) is 26.3. The topological polar surface area (TPSA) is 55.3 Å². The van der Waals surface area contributed by atoms with Gasteiger partial charge in [-0.05, 0) is 57.2 Å². The van der Waals surface area contributed by atoms with Crippen LogP contribution in [0.3, 0.4) is 0 Å². The van der Waals surface area contributed by atoms with Gasteiger partial charge < -0.3 is 24.4 Å². The Balaban J connectivity index is 1.53. The summed E-state index contributed by atoms with van der Waals surface area (Å²) >= 11 is 0. The van der Waals surface area contributed by atoms with E-state index in [0.29, 0.717) is 12.0 Å². The number of hydrogen-bond donors (Lipinski definition) is 1. The van der Waals surface area contributed by atoms with Crippen LogP contribution in [0.1, 0.15) is 45.1 Å². The summed E-state index contributed by atoms with van der Waals surface area (Å²) in [6, 6.07) is 8.63. The van der Waals surface area contributed by atoms with Crippen molar-refractivity contribution in [1.82, 2.24) is 10.2 Å². The third kappa shape index (κ3) is 4.59. The lowest BCUT2D eigenvalue weighted by Crippen LogP contribution is -2.43. The summed E-state index contributed by atoms with van der Waals surface area (Å²) in [4.78, 5) is 7.63. The second kappa shape index (κ2) is 9.56. The molecule has 3 aliphatic heterocycles. The van der Waals surface area contributed by atoms with Crippen LogP contribution in [0.4, 0.5) is 0 Å². The van der Waals surface area contributed by atoms with E-state index in [9.17, 15) is 0 Å². The summed E-state index contributed by atoms with van der Waals surface area (Å²) in [7, 11) is 0. The lowest BCUT2D eigenvalue weighted by Gasteiger charge is -2.37. The van der Waals surface area contributed by atoms with E-state index < -0.39 is 0 Å². The molecule has 0 saturated carbocycles. The smallest absolute Gasteiger partial charge is 0.193 e. The van der Waals surface area contributed by atoms with Crippen LogP contribution >= 0.6 is 0 Å². The summed E-state index contributed by atoms with van der Waals surface area (Å²) in [5.74, 6) is 1.99. The number of guanidine groups is 1. The van der Waals surface area contributed by atoms with Gasteiger partial charge in [0.25, 0.3) is 0 Å². The van der Waals surface area contributed by atoms with Gasteiger partial charge in [0.15, 0.2) is 5.96 Å². The molecule has 166 valence electrons. The van der Waals surface area contributed by atoms with Gasteiger partial charge in [0.1, 0.15) is 5.75 Å². The molecule has 1 unspecified atom stereocenters. The highest BCUT2D eigenvalue weighted by molar-refractivity contribution is 5.80. The average Bonchev–Trinajstić information content (AvgIpc) is 3.42. The Hall–Kier alpha value is -1.79. The Morgan fingerprint density at radius 3 is 2.50 bits per heavy atom. The molecule has 3 saturated heterocycles. The molecule has 1 atom stereocenters. The van der Waals surface area contributed by atoms with E-state index in [0.717, 1.165) is 77.2 Å². The number of ether oxygens (including phenoxy) is 3. The molecule has 6 nitrogen and oxygen atoms in total. The van der Waals surface area contributed by atoms with E-state index in [1.54, 1.807) is 0 Å². The first-order chi connectivity index (χ1) is 14.7. The zero-order valence-electron chi connectivity index (χ0n) is 18.6. The molecule has 1 spiro atoms. The van der Waals surface area contributed by atoms with Crippen LogP contribution in [-0.2, 0) is 14.9 Å². The zero-order valence-corrected chi connectivity index (χ0v) is 18.6. The fourth-order valence-corrected chi connectivity index (χ4v) is 5.11. The van der Waals surface area contributed by atoms with Gasteiger partial charge in [0.05, 0.1) is 19.8 Å². The summed E-state index contributed by atoms with van der Waals surface area (Å²) in [5.41, 5.74) is 1.70. The van der Waals surface area contributed by atoms with Gasteiger partial charge in [-0.1, -0.05) is 12.1 Å². The van der Waals surface area contributed by atoms with Crippen LogP contribution in [0.2, 0.25) is 0 Å². The largest absolute Gasteiger partial charge is 0.494 e. The lowest BCUT2D eigenvalue weighted by atomic mass is 9.74. The zero-order chi connectivity index (χ0) is 20.9. The molecule has 30 heavy (non-hydrogen) atoms. The van der Waals surface area contributed by atoms with E-state index in [2.05, 4.69) is 41.4 Å². The van der Waals surface area contributed by atoms with Crippen molar-refractivity contribution in [3.05, 3.63) is 29.8 Å². The van der Waals surface area contributed by atoms with Gasteiger partial charge in [0.2, 0.25) is 0 Å². The highest BCUT2D eigenvalue weighted by atomic mass is 16.5. The summed E-state index contributed by atoms with van der Waals surface area (Å²) < 4.78 is 17.1. The third-order valence-corrected chi connectivity index (χ3v) is 7.02. The van der Waals surface area contributed by atoms with Crippen LogP contribution in [-0.4, -0.2) is 70.1 Å². The summed E-state index contributed by atoms with van der Waals surface area (Å²) in [6.45, 7) is 12.0. The molecule has 1 aromatic rings. The van der Waals surface area contributed by atoms with Crippen LogP contribution < -0.4 is 10.1 Å². The number of nitrogens with one attached hydrogen (secondary N) is 1. The van der Waals surface area contributed by atoms with E-state index in [4.69, 9.17) is 19.2 Å². The fraction of sp³-hybridized carbons (Fsp3) is 0.708. The quantitative estimate of drug-likeness (QED) is 0.571. The molecule has 6 heteroatoms. The van der Waals surface area contributed by atoms with Gasteiger partial charge in [-0.3, -0.25) is 4.99 Å². The molecular weight excluding hydrogens is 378 g/mol. The second-order valence-corrected chi connectivity index (χ2v) is 8.99. The van der Waals surface area contributed by atoms with E-state index in [1.807, 2.05) is 6.92 Å². The molecular formula is C24H37N3O3. The molecule has 0 radical (unpaired) electrons. The molecule has 0 aliphatic carbocycles. The van der Waals surface area contributed by atoms with Gasteiger partial charge in [-0.25, -0.2) is 0 Å². The molecule has 1 N–H and O–H groups in total. The van der Waals surface area contributed by atoms with Crippen molar-refractivity contribution in [1.29, 1.82) is 0 Å². The summed E-state index contributed by atoms with van der Waals surface area (Å²) in [5, 5.41) is 3.55. The van der Waals surface area contributed by atoms with Crippen LogP contribution in [0.5, 0.6) is 5.75 Å². The SMILES string of the molecule is CCNC(=NCC1(c2ccc(OCC)cc2)CCOCC1)N1CCC2(CCOC2)C1. The van der Waals surface area contributed by atoms with Crippen molar-refractivity contribution in [2.75, 3.05) is 59.2 Å². The van der Waals surface area contributed by atoms with Crippen molar-refractivity contribution >= 4 is 5.96 Å². The number of hydrogen-bond acceptors (Lipinski definition) is 4. The molecule has 0 amide bonds. The predicted octanol–water partition coefficient (Wildman–Crippen LogP) is 3.21. The molecule has 1 aromatic carbocycles. The monoisotopic (exact) mass is 415 g/mol. The maximum Gasteiger partial charge on any atom is 0.193 e. The summed E-state index contributed by atoms with van der Waals surface area (Å²) in [6.07, 6.45) is 4.38. The first kappa shape index (κ1) is 21.4. The van der Waals surface area contributed by atoms with Crippen molar-refractivity contribution in [2.45, 2.75) is 44.9 Å². The van der Waals surface area contributed by atoms with Crippen molar-refractivity contribution in [3.63, 3.8) is 0 Å². The van der Waals surface area contributed by atoms with Gasteiger partial charge in [0, 0.05) is 50.3 Å². The molecule has 0 bridgehead atoms. The minimum atomic E-state index is 0.0253. The molecule has 4 rings (SSSR count). The average molecular weight is 416 g/mol. The van der Waals surface area contributed by atoms with Gasteiger partial charge in [-0.2, -0.15) is 0 Å². The molecule has 3 heterocycles. The Bertz CT molecular complexity index is 707. The fourth-order valence-electron chi connectivity index (χ4n) is 5.11. The Labute approximate surface area is 181 Å². The maximum atomic E-state index is 5.72. The first-order valence-corrected chi connectivity index (χ1v) is 11.6. The Kier molecular flexibility index (Phi) is 6.84. The van der Waals surface area contributed by atoms with E-state index >= 15 is 0 Å². The van der Waals surface area contributed by atoms with Crippen LogP contribution in [0.15, 0.2) is 29.3 Å². The van der Waals surface area contributed by atoms with Gasteiger partial charge in [-0.15, -0.1) is 0 Å². The molecule has 3 fully saturated rings.